The summed E-state index contributed by atoms with van der Waals surface area (Å²) in [5.74, 6) is -0.984. The molecule has 0 aliphatic rings. The molecule has 5 nitrogen and oxygen atoms in total. The van der Waals surface area contributed by atoms with Crippen molar-refractivity contribution in [2.45, 2.75) is 27.2 Å². The van der Waals surface area contributed by atoms with Crippen LogP contribution in [0.25, 0.3) is 0 Å². The van der Waals surface area contributed by atoms with Crippen LogP contribution in [0.5, 0.6) is 0 Å². The molecule has 1 atom stereocenters. The van der Waals surface area contributed by atoms with Gasteiger partial charge in [0.2, 0.25) is 5.91 Å². The Balaban J connectivity index is 2.77. The molecule has 6 heteroatoms. The SMILES string of the molecule is CC(C)(C)CC(CN)C(=O)Nc1sccc1C(N)=O. The van der Waals surface area contributed by atoms with Gasteiger partial charge in [-0.1, -0.05) is 20.8 Å². The van der Waals surface area contributed by atoms with Gasteiger partial charge in [0.15, 0.2) is 0 Å². The Kier molecular flexibility index (Phi) is 5.08. The standard InChI is InChI=1S/C13H21N3O2S/c1-13(2,3)6-8(7-14)11(18)16-12-9(10(15)17)4-5-19-12/h4-5,8H,6-7,14H2,1-3H3,(H2,15,17)(H,16,18). The van der Waals surface area contributed by atoms with Crippen LogP contribution in [0.15, 0.2) is 11.4 Å². The second-order valence-corrected chi connectivity index (χ2v) is 6.63. The highest BCUT2D eigenvalue weighted by molar-refractivity contribution is 7.14. The minimum absolute atomic E-state index is 0.0172. The van der Waals surface area contributed by atoms with Crippen molar-refractivity contribution in [1.29, 1.82) is 0 Å². The summed E-state index contributed by atoms with van der Waals surface area (Å²) in [6, 6.07) is 1.60. The molecule has 0 bridgehead atoms. The van der Waals surface area contributed by atoms with E-state index >= 15 is 0 Å². The molecule has 1 aromatic heterocycles. The van der Waals surface area contributed by atoms with E-state index in [0.717, 1.165) is 0 Å². The van der Waals surface area contributed by atoms with E-state index < -0.39 is 5.91 Å². The van der Waals surface area contributed by atoms with E-state index in [2.05, 4.69) is 26.1 Å². The first-order chi connectivity index (χ1) is 8.74. The quantitative estimate of drug-likeness (QED) is 0.768. The Morgan fingerprint density at radius 1 is 1.42 bits per heavy atom. The van der Waals surface area contributed by atoms with Gasteiger partial charge in [0.1, 0.15) is 5.00 Å². The van der Waals surface area contributed by atoms with Crippen molar-refractivity contribution in [1.82, 2.24) is 0 Å². The summed E-state index contributed by atoms with van der Waals surface area (Å²) in [6.07, 6.45) is 0.687. The van der Waals surface area contributed by atoms with E-state index in [1.165, 1.54) is 11.3 Å². The third kappa shape index (κ3) is 4.65. The molecule has 0 saturated carbocycles. The molecule has 0 radical (unpaired) electrons. The van der Waals surface area contributed by atoms with Crippen molar-refractivity contribution in [2.24, 2.45) is 22.8 Å². The lowest BCUT2D eigenvalue weighted by atomic mass is 9.84. The number of rotatable bonds is 5. The molecule has 1 heterocycles. The first-order valence-electron chi connectivity index (χ1n) is 6.13. The molecule has 2 amide bonds. The Hall–Kier alpha value is -1.40. The fraction of sp³-hybridized carbons (Fsp3) is 0.538. The molecule has 19 heavy (non-hydrogen) atoms. The summed E-state index contributed by atoms with van der Waals surface area (Å²) in [7, 11) is 0. The van der Waals surface area contributed by atoms with Crippen LogP contribution in [-0.2, 0) is 4.79 Å². The van der Waals surface area contributed by atoms with Crippen molar-refractivity contribution in [2.75, 3.05) is 11.9 Å². The number of hydrogen-bond acceptors (Lipinski definition) is 4. The molecular formula is C13H21N3O2S. The maximum Gasteiger partial charge on any atom is 0.251 e. The minimum Gasteiger partial charge on any atom is -0.366 e. The van der Waals surface area contributed by atoms with Crippen molar-refractivity contribution >= 4 is 28.2 Å². The molecule has 5 N–H and O–H groups in total. The van der Waals surface area contributed by atoms with Gasteiger partial charge in [-0.05, 0) is 23.3 Å². The molecule has 0 aromatic carbocycles. The number of carbonyl (C=O) groups excluding carboxylic acids is 2. The molecule has 0 spiro atoms. The van der Waals surface area contributed by atoms with Crippen molar-refractivity contribution in [3.05, 3.63) is 17.0 Å². The summed E-state index contributed by atoms with van der Waals surface area (Å²) in [4.78, 5) is 23.3. The topological polar surface area (TPSA) is 98.2 Å². The normalized spacial score (nSPS) is 13.1. The van der Waals surface area contributed by atoms with E-state index in [1.54, 1.807) is 11.4 Å². The van der Waals surface area contributed by atoms with Crippen LogP contribution in [-0.4, -0.2) is 18.4 Å². The third-order valence-corrected chi connectivity index (χ3v) is 3.51. The highest BCUT2D eigenvalue weighted by atomic mass is 32.1. The molecular weight excluding hydrogens is 262 g/mol. The average molecular weight is 283 g/mol. The van der Waals surface area contributed by atoms with Crippen LogP contribution in [0, 0.1) is 11.3 Å². The zero-order chi connectivity index (χ0) is 14.6. The minimum atomic E-state index is -0.545. The first kappa shape index (κ1) is 15.7. The molecule has 1 unspecified atom stereocenters. The molecule has 0 aliphatic heterocycles. The van der Waals surface area contributed by atoms with E-state index in [1.807, 2.05) is 0 Å². The van der Waals surface area contributed by atoms with Crippen LogP contribution in [0.1, 0.15) is 37.6 Å². The van der Waals surface area contributed by atoms with Gasteiger partial charge in [-0.15, -0.1) is 11.3 Å². The Morgan fingerprint density at radius 2 is 2.05 bits per heavy atom. The second kappa shape index (κ2) is 6.16. The molecule has 0 aliphatic carbocycles. The smallest absolute Gasteiger partial charge is 0.251 e. The monoisotopic (exact) mass is 283 g/mol. The van der Waals surface area contributed by atoms with Gasteiger partial charge in [0, 0.05) is 6.54 Å². The van der Waals surface area contributed by atoms with Gasteiger partial charge in [-0.25, -0.2) is 0 Å². The maximum absolute atomic E-state index is 12.2. The Bertz CT molecular complexity index is 463. The van der Waals surface area contributed by atoms with Gasteiger partial charge in [0.25, 0.3) is 5.91 Å². The Labute approximate surface area is 117 Å². The predicted octanol–water partition coefficient (Wildman–Crippen LogP) is 1.80. The number of carbonyl (C=O) groups is 2. The van der Waals surface area contributed by atoms with E-state index in [0.29, 0.717) is 17.0 Å². The van der Waals surface area contributed by atoms with Crippen LogP contribution in [0.2, 0.25) is 0 Å². The van der Waals surface area contributed by atoms with E-state index in [-0.39, 0.29) is 23.8 Å². The van der Waals surface area contributed by atoms with Gasteiger partial charge in [-0.2, -0.15) is 0 Å². The molecule has 0 fully saturated rings. The van der Waals surface area contributed by atoms with Gasteiger partial charge in [-0.3, -0.25) is 9.59 Å². The van der Waals surface area contributed by atoms with Crippen molar-refractivity contribution in [3.8, 4) is 0 Å². The summed E-state index contributed by atoms with van der Waals surface area (Å²) >= 11 is 1.28. The van der Waals surface area contributed by atoms with Crippen LogP contribution in [0.4, 0.5) is 5.00 Å². The lowest BCUT2D eigenvalue weighted by Gasteiger charge is -2.24. The fourth-order valence-electron chi connectivity index (χ4n) is 1.84. The maximum atomic E-state index is 12.2. The molecule has 0 saturated heterocycles. The largest absolute Gasteiger partial charge is 0.366 e. The zero-order valence-electron chi connectivity index (χ0n) is 11.5. The van der Waals surface area contributed by atoms with Crippen LogP contribution in [0.3, 0.4) is 0 Å². The Morgan fingerprint density at radius 3 is 2.53 bits per heavy atom. The third-order valence-electron chi connectivity index (χ3n) is 2.68. The highest BCUT2D eigenvalue weighted by Crippen LogP contribution is 2.27. The predicted molar refractivity (Wildman–Crippen MR) is 78.1 cm³/mol. The first-order valence-corrected chi connectivity index (χ1v) is 7.01. The zero-order valence-corrected chi connectivity index (χ0v) is 12.3. The number of nitrogens with one attached hydrogen (secondary N) is 1. The highest BCUT2D eigenvalue weighted by Gasteiger charge is 2.25. The van der Waals surface area contributed by atoms with Crippen LogP contribution >= 0.6 is 11.3 Å². The molecule has 1 rings (SSSR count). The number of amides is 2. The number of hydrogen-bond donors (Lipinski definition) is 3. The van der Waals surface area contributed by atoms with Gasteiger partial charge < -0.3 is 16.8 Å². The van der Waals surface area contributed by atoms with Crippen molar-refractivity contribution in [3.63, 3.8) is 0 Å². The van der Waals surface area contributed by atoms with E-state index in [9.17, 15) is 9.59 Å². The number of nitrogens with two attached hydrogens (primary N) is 2. The fourth-order valence-corrected chi connectivity index (χ4v) is 2.63. The van der Waals surface area contributed by atoms with E-state index in [4.69, 9.17) is 11.5 Å². The molecule has 1 aromatic rings. The number of anilines is 1. The summed E-state index contributed by atoms with van der Waals surface area (Å²) in [6.45, 7) is 6.45. The number of thiophene rings is 1. The summed E-state index contributed by atoms with van der Waals surface area (Å²) < 4.78 is 0. The second-order valence-electron chi connectivity index (χ2n) is 5.71. The van der Waals surface area contributed by atoms with Gasteiger partial charge >= 0.3 is 0 Å². The summed E-state index contributed by atoms with van der Waals surface area (Å²) in [5, 5.41) is 4.95. The number of primary amides is 1. The average Bonchev–Trinajstić information content (AvgIpc) is 2.72. The summed E-state index contributed by atoms with van der Waals surface area (Å²) in [5.41, 5.74) is 11.3. The van der Waals surface area contributed by atoms with Gasteiger partial charge in [0.05, 0.1) is 11.5 Å². The van der Waals surface area contributed by atoms with Crippen LogP contribution < -0.4 is 16.8 Å². The molecule has 106 valence electrons. The lowest BCUT2D eigenvalue weighted by molar-refractivity contribution is -0.120. The lowest BCUT2D eigenvalue weighted by Crippen LogP contribution is -2.32. The van der Waals surface area contributed by atoms with Crippen molar-refractivity contribution < 1.29 is 9.59 Å².